The molecule has 0 aliphatic heterocycles. The normalized spacial score (nSPS) is 10.6. The van der Waals surface area contributed by atoms with E-state index in [1.54, 1.807) is 6.07 Å². The summed E-state index contributed by atoms with van der Waals surface area (Å²) in [5.74, 6) is 0.354. The first-order valence-corrected chi connectivity index (χ1v) is 4.24. The number of rotatable bonds is 1. The Bertz CT molecular complexity index is 233. The first-order valence-electron chi connectivity index (χ1n) is 3.48. The van der Waals surface area contributed by atoms with E-state index in [0.717, 1.165) is 10.6 Å². The van der Waals surface area contributed by atoms with Crippen LogP contribution in [0.2, 0.25) is 10.0 Å². The Labute approximate surface area is 77.1 Å². The van der Waals surface area contributed by atoms with Crippen molar-refractivity contribution in [2.75, 3.05) is 0 Å². The van der Waals surface area contributed by atoms with E-state index in [-0.39, 0.29) is 0 Å². The zero-order chi connectivity index (χ0) is 8.43. The first kappa shape index (κ1) is 8.89. The van der Waals surface area contributed by atoms with Crippen molar-refractivity contribution in [3.05, 3.63) is 33.8 Å². The van der Waals surface area contributed by atoms with Crippen LogP contribution in [0.4, 0.5) is 0 Å². The number of benzene rings is 1. The van der Waals surface area contributed by atoms with Crippen molar-refractivity contribution in [3.8, 4) is 0 Å². The average Bonchev–Trinajstić information content (AvgIpc) is 1.85. The van der Waals surface area contributed by atoms with E-state index in [1.165, 1.54) is 0 Å². The Morgan fingerprint density at radius 2 is 2.00 bits per heavy atom. The molecule has 1 aromatic rings. The highest BCUT2D eigenvalue weighted by Crippen LogP contribution is 2.30. The first-order chi connectivity index (χ1) is 5.13. The molecule has 0 aliphatic rings. The minimum atomic E-state index is 0.354. The van der Waals surface area contributed by atoms with Crippen molar-refractivity contribution in [1.29, 1.82) is 0 Å². The van der Waals surface area contributed by atoms with Gasteiger partial charge in [0.2, 0.25) is 0 Å². The molecule has 11 heavy (non-hydrogen) atoms. The fourth-order valence-electron chi connectivity index (χ4n) is 0.990. The smallest absolute Gasteiger partial charge is 0.0534 e. The van der Waals surface area contributed by atoms with Crippen LogP contribution in [0, 0.1) is 6.07 Å². The summed E-state index contributed by atoms with van der Waals surface area (Å²) in [5, 5.41) is 1.36. The Kier molecular flexibility index (Phi) is 2.80. The molecule has 2 heteroatoms. The Morgan fingerprint density at radius 1 is 1.36 bits per heavy atom. The van der Waals surface area contributed by atoms with Crippen molar-refractivity contribution in [1.82, 2.24) is 0 Å². The van der Waals surface area contributed by atoms with Gasteiger partial charge in [-0.3, -0.25) is 0 Å². The van der Waals surface area contributed by atoms with Crippen LogP contribution >= 0.6 is 23.2 Å². The number of hydrogen-bond donors (Lipinski definition) is 0. The average molecular weight is 188 g/mol. The van der Waals surface area contributed by atoms with E-state index < -0.39 is 0 Å². The lowest BCUT2D eigenvalue weighted by Crippen LogP contribution is -1.89. The van der Waals surface area contributed by atoms with Crippen molar-refractivity contribution in [3.63, 3.8) is 0 Å². The summed E-state index contributed by atoms with van der Waals surface area (Å²) in [6.07, 6.45) is 0. The van der Waals surface area contributed by atoms with Crippen LogP contribution < -0.4 is 0 Å². The highest BCUT2D eigenvalue weighted by Gasteiger charge is 2.08. The predicted octanol–water partition coefficient (Wildman–Crippen LogP) is 3.92. The molecule has 59 valence electrons. The van der Waals surface area contributed by atoms with Crippen LogP contribution in [-0.2, 0) is 0 Å². The second kappa shape index (κ2) is 3.46. The summed E-state index contributed by atoms with van der Waals surface area (Å²) in [6.45, 7) is 4.11. The van der Waals surface area contributed by atoms with Gasteiger partial charge in [0.15, 0.2) is 0 Å². The highest BCUT2D eigenvalue weighted by atomic mass is 35.5. The summed E-state index contributed by atoms with van der Waals surface area (Å²) >= 11 is 11.8. The monoisotopic (exact) mass is 187 g/mol. The van der Waals surface area contributed by atoms with Gasteiger partial charge >= 0.3 is 0 Å². The summed E-state index contributed by atoms with van der Waals surface area (Å²) in [6, 6.07) is 6.44. The summed E-state index contributed by atoms with van der Waals surface area (Å²) in [5.41, 5.74) is 0.982. The SMILES string of the molecule is CC(C)c1c(Cl)[c]ccc1Cl. The van der Waals surface area contributed by atoms with Gasteiger partial charge in [-0.25, -0.2) is 0 Å². The van der Waals surface area contributed by atoms with Crippen molar-refractivity contribution in [2.24, 2.45) is 0 Å². The lowest BCUT2D eigenvalue weighted by molar-refractivity contribution is 0.867. The Balaban J connectivity index is 3.21. The van der Waals surface area contributed by atoms with Crippen LogP contribution in [0.25, 0.3) is 0 Å². The molecule has 0 bridgehead atoms. The molecule has 0 heterocycles. The zero-order valence-corrected chi connectivity index (χ0v) is 8.00. The van der Waals surface area contributed by atoms with Crippen LogP contribution in [0.3, 0.4) is 0 Å². The Hall–Kier alpha value is -0.200. The van der Waals surface area contributed by atoms with Gasteiger partial charge in [-0.1, -0.05) is 43.1 Å². The lowest BCUT2D eigenvalue weighted by atomic mass is 10.0. The predicted molar refractivity (Wildman–Crippen MR) is 49.4 cm³/mol. The molecule has 0 nitrogen and oxygen atoms in total. The second-order valence-electron chi connectivity index (χ2n) is 2.71. The van der Waals surface area contributed by atoms with E-state index in [4.69, 9.17) is 23.2 Å². The molecule has 0 aliphatic carbocycles. The van der Waals surface area contributed by atoms with Gasteiger partial charge in [-0.15, -0.1) is 0 Å². The number of hydrogen-bond acceptors (Lipinski definition) is 0. The molecule has 0 N–H and O–H groups in total. The molecule has 1 radical (unpaired) electrons. The maximum Gasteiger partial charge on any atom is 0.0534 e. The van der Waals surface area contributed by atoms with Gasteiger partial charge in [0.1, 0.15) is 0 Å². The van der Waals surface area contributed by atoms with E-state index >= 15 is 0 Å². The quantitative estimate of drug-likeness (QED) is 0.626. The zero-order valence-electron chi connectivity index (χ0n) is 6.49. The molecule has 0 fully saturated rings. The third kappa shape index (κ3) is 1.88. The van der Waals surface area contributed by atoms with Gasteiger partial charge in [0.05, 0.1) is 5.02 Å². The van der Waals surface area contributed by atoms with Gasteiger partial charge in [-0.2, -0.15) is 0 Å². The second-order valence-corrected chi connectivity index (χ2v) is 3.49. The van der Waals surface area contributed by atoms with Crippen molar-refractivity contribution < 1.29 is 0 Å². The van der Waals surface area contributed by atoms with Crippen LogP contribution in [-0.4, -0.2) is 0 Å². The molecule has 0 atom stereocenters. The van der Waals surface area contributed by atoms with Crippen LogP contribution in [0.5, 0.6) is 0 Å². The van der Waals surface area contributed by atoms with Crippen molar-refractivity contribution >= 4 is 23.2 Å². The molecular weight excluding hydrogens is 179 g/mol. The van der Waals surface area contributed by atoms with Crippen molar-refractivity contribution in [2.45, 2.75) is 19.8 Å². The lowest BCUT2D eigenvalue weighted by Gasteiger charge is -2.08. The van der Waals surface area contributed by atoms with Gasteiger partial charge in [-0.05, 0) is 17.5 Å². The maximum absolute atomic E-state index is 5.92. The van der Waals surface area contributed by atoms with Crippen LogP contribution in [0.15, 0.2) is 12.1 Å². The topological polar surface area (TPSA) is 0 Å². The maximum atomic E-state index is 5.92. The summed E-state index contributed by atoms with van der Waals surface area (Å²) in [4.78, 5) is 0. The minimum absolute atomic E-state index is 0.354. The molecule has 0 unspecified atom stereocenters. The molecule has 1 rings (SSSR count). The summed E-state index contributed by atoms with van der Waals surface area (Å²) in [7, 11) is 0. The standard InChI is InChI=1S/C9H9Cl2/c1-6(2)9-7(10)4-3-5-8(9)11/h3-4,6H,1-2H3. The van der Waals surface area contributed by atoms with E-state index in [0.29, 0.717) is 10.9 Å². The van der Waals surface area contributed by atoms with E-state index in [1.807, 2.05) is 6.07 Å². The third-order valence-corrected chi connectivity index (χ3v) is 2.15. The molecule has 0 spiro atoms. The van der Waals surface area contributed by atoms with Gasteiger partial charge < -0.3 is 0 Å². The fraction of sp³-hybridized carbons (Fsp3) is 0.333. The molecule has 0 aromatic heterocycles. The molecular formula is C9H9Cl2. The highest BCUT2D eigenvalue weighted by molar-refractivity contribution is 6.35. The largest absolute Gasteiger partial charge is 0.0840 e. The third-order valence-electron chi connectivity index (χ3n) is 1.51. The minimum Gasteiger partial charge on any atom is -0.0840 e. The fourth-order valence-corrected chi connectivity index (χ4v) is 1.80. The van der Waals surface area contributed by atoms with Gasteiger partial charge in [0.25, 0.3) is 0 Å². The van der Waals surface area contributed by atoms with Crippen LogP contribution in [0.1, 0.15) is 25.3 Å². The van der Waals surface area contributed by atoms with Gasteiger partial charge in [0, 0.05) is 11.1 Å². The molecule has 0 amide bonds. The Morgan fingerprint density at radius 3 is 2.36 bits per heavy atom. The molecule has 0 saturated carbocycles. The molecule has 0 saturated heterocycles. The molecule has 1 aromatic carbocycles. The summed E-state index contributed by atoms with van der Waals surface area (Å²) < 4.78 is 0. The van der Waals surface area contributed by atoms with E-state index in [2.05, 4.69) is 19.9 Å². The number of halogens is 2. The van der Waals surface area contributed by atoms with E-state index in [9.17, 15) is 0 Å².